The Bertz CT molecular complexity index is 763. The molecule has 0 unspecified atom stereocenters. The van der Waals surface area contributed by atoms with Crippen molar-refractivity contribution in [2.75, 3.05) is 32.0 Å². The van der Waals surface area contributed by atoms with E-state index in [-0.39, 0.29) is 11.9 Å². The number of rotatable bonds is 5. The third-order valence-electron chi connectivity index (χ3n) is 4.77. The summed E-state index contributed by atoms with van der Waals surface area (Å²) in [7, 11) is 1.81. The van der Waals surface area contributed by atoms with Gasteiger partial charge in [-0.1, -0.05) is 18.2 Å². The number of nitrogens with one attached hydrogen (secondary N) is 1. The fourth-order valence-electron chi connectivity index (χ4n) is 3.19. The van der Waals surface area contributed by atoms with E-state index in [2.05, 4.69) is 5.32 Å². The molecule has 1 fully saturated rings. The van der Waals surface area contributed by atoms with Gasteiger partial charge in [0.05, 0.1) is 6.26 Å². The smallest absolute Gasteiger partial charge is 0.321 e. The zero-order valence-corrected chi connectivity index (χ0v) is 15.5. The molecule has 0 spiro atoms. The summed E-state index contributed by atoms with van der Waals surface area (Å²) in [6.07, 6.45) is 6.57. The Hall–Kier alpha value is -3.02. The summed E-state index contributed by atoms with van der Waals surface area (Å²) in [5.41, 5.74) is 0.804. The van der Waals surface area contributed by atoms with Gasteiger partial charge in [0.1, 0.15) is 5.76 Å². The molecule has 0 aliphatic carbocycles. The van der Waals surface area contributed by atoms with Crippen molar-refractivity contribution in [3.8, 4) is 0 Å². The Morgan fingerprint density at radius 3 is 2.59 bits per heavy atom. The molecule has 0 atom stereocenters. The van der Waals surface area contributed by atoms with Gasteiger partial charge in [-0.3, -0.25) is 4.79 Å². The van der Waals surface area contributed by atoms with Gasteiger partial charge in [-0.05, 0) is 49.1 Å². The second-order valence-electron chi connectivity index (χ2n) is 6.79. The Kier molecular flexibility index (Phi) is 6.30. The third kappa shape index (κ3) is 5.48. The van der Waals surface area contributed by atoms with E-state index in [1.165, 1.54) is 6.08 Å². The quantitative estimate of drug-likeness (QED) is 0.820. The van der Waals surface area contributed by atoms with Crippen LogP contribution >= 0.6 is 0 Å². The van der Waals surface area contributed by atoms with Gasteiger partial charge in [0, 0.05) is 38.4 Å². The van der Waals surface area contributed by atoms with Crippen molar-refractivity contribution in [3.05, 3.63) is 60.6 Å². The minimum Gasteiger partial charge on any atom is -0.465 e. The monoisotopic (exact) mass is 367 g/mol. The molecule has 142 valence electrons. The van der Waals surface area contributed by atoms with E-state index in [1.807, 2.05) is 42.3 Å². The lowest BCUT2D eigenvalue weighted by molar-refractivity contribution is -0.125. The van der Waals surface area contributed by atoms with Crippen molar-refractivity contribution in [3.63, 3.8) is 0 Å². The molecule has 1 N–H and O–H groups in total. The second kappa shape index (κ2) is 9.07. The SMILES string of the molecule is CN(CC1CCN(C(=O)Nc2ccccc2)CC1)C(=O)/C=C/c1ccco1. The predicted molar refractivity (Wildman–Crippen MR) is 105 cm³/mol. The number of anilines is 1. The molecular formula is C21H25N3O3. The molecule has 1 aromatic heterocycles. The highest BCUT2D eigenvalue weighted by atomic mass is 16.3. The first-order valence-electron chi connectivity index (χ1n) is 9.19. The van der Waals surface area contributed by atoms with E-state index in [4.69, 9.17) is 4.42 Å². The van der Waals surface area contributed by atoms with Crippen molar-refractivity contribution in [2.24, 2.45) is 5.92 Å². The molecule has 0 radical (unpaired) electrons. The van der Waals surface area contributed by atoms with Crippen LogP contribution in [-0.2, 0) is 4.79 Å². The first kappa shape index (κ1) is 18.8. The molecule has 3 amide bonds. The number of amides is 3. The van der Waals surface area contributed by atoms with Gasteiger partial charge in [-0.15, -0.1) is 0 Å². The van der Waals surface area contributed by atoms with Crippen LogP contribution in [0.1, 0.15) is 18.6 Å². The maximum Gasteiger partial charge on any atom is 0.321 e. The highest BCUT2D eigenvalue weighted by Gasteiger charge is 2.24. The Balaban J connectivity index is 1.42. The van der Waals surface area contributed by atoms with Gasteiger partial charge in [0.15, 0.2) is 0 Å². The highest BCUT2D eigenvalue weighted by Crippen LogP contribution is 2.19. The van der Waals surface area contributed by atoms with E-state index in [0.717, 1.165) is 18.5 Å². The van der Waals surface area contributed by atoms with Crippen molar-refractivity contribution < 1.29 is 14.0 Å². The molecule has 1 aromatic carbocycles. The molecular weight excluding hydrogens is 342 g/mol. The number of benzene rings is 1. The van der Waals surface area contributed by atoms with Gasteiger partial charge < -0.3 is 19.5 Å². The fraction of sp³-hybridized carbons (Fsp3) is 0.333. The van der Waals surface area contributed by atoms with Crippen LogP contribution < -0.4 is 5.32 Å². The molecule has 2 aromatic rings. The van der Waals surface area contributed by atoms with Gasteiger partial charge >= 0.3 is 6.03 Å². The summed E-state index contributed by atoms with van der Waals surface area (Å²) in [5, 5.41) is 2.92. The molecule has 27 heavy (non-hydrogen) atoms. The zero-order chi connectivity index (χ0) is 19.1. The number of furan rings is 1. The average molecular weight is 367 g/mol. The lowest BCUT2D eigenvalue weighted by Crippen LogP contribution is -2.43. The normalized spacial score (nSPS) is 15.1. The number of urea groups is 1. The number of carbonyl (C=O) groups is 2. The van der Waals surface area contributed by atoms with Crippen LogP contribution in [0.25, 0.3) is 6.08 Å². The molecule has 2 heterocycles. The van der Waals surface area contributed by atoms with Crippen LogP contribution in [-0.4, -0.2) is 48.4 Å². The standard InChI is InChI=1S/C21H25N3O3/c1-23(20(25)10-9-19-8-5-15-27-19)16-17-11-13-24(14-12-17)21(26)22-18-6-3-2-4-7-18/h2-10,15,17H,11-14,16H2,1H3,(H,22,26)/b10-9+. The van der Waals surface area contributed by atoms with E-state index in [0.29, 0.717) is 31.3 Å². The topological polar surface area (TPSA) is 65.8 Å². The van der Waals surface area contributed by atoms with Crippen molar-refractivity contribution >= 4 is 23.7 Å². The van der Waals surface area contributed by atoms with Crippen molar-refractivity contribution in [1.29, 1.82) is 0 Å². The Morgan fingerprint density at radius 2 is 1.93 bits per heavy atom. The van der Waals surface area contributed by atoms with E-state index in [1.54, 1.807) is 29.4 Å². The lowest BCUT2D eigenvalue weighted by Gasteiger charge is -2.33. The lowest BCUT2D eigenvalue weighted by atomic mass is 9.96. The van der Waals surface area contributed by atoms with Crippen LogP contribution in [0.2, 0.25) is 0 Å². The number of hydrogen-bond donors (Lipinski definition) is 1. The first-order valence-corrected chi connectivity index (χ1v) is 9.19. The van der Waals surface area contributed by atoms with E-state index < -0.39 is 0 Å². The molecule has 6 nitrogen and oxygen atoms in total. The minimum absolute atomic E-state index is 0.0457. The summed E-state index contributed by atoms with van der Waals surface area (Å²) in [4.78, 5) is 28.1. The van der Waals surface area contributed by atoms with E-state index in [9.17, 15) is 9.59 Å². The summed E-state index contributed by atoms with van der Waals surface area (Å²) in [6.45, 7) is 2.09. The number of para-hydroxylation sites is 1. The number of hydrogen-bond acceptors (Lipinski definition) is 3. The maximum absolute atomic E-state index is 12.3. The van der Waals surface area contributed by atoms with Gasteiger partial charge in [-0.2, -0.15) is 0 Å². The fourth-order valence-corrected chi connectivity index (χ4v) is 3.19. The summed E-state index contributed by atoms with van der Waals surface area (Å²) in [6, 6.07) is 13.0. The number of likely N-dealkylation sites (N-methyl/N-ethyl adjacent to an activating group) is 1. The van der Waals surface area contributed by atoms with Gasteiger partial charge in [0.2, 0.25) is 5.91 Å². The third-order valence-corrected chi connectivity index (χ3v) is 4.77. The number of piperidine rings is 1. The number of nitrogens with zero attached hydrogens (tertiary/aromatic N) is 2. The van der Waals surface area contributed by atoms with Crippen LogP contribution in [0.3, 0.4) is 0 Å². The molecule has 0 bridgehead atoms. The average Bonchev–Trinajstić information content (AvgIpc) is 3.21. The van der Waals surface area contributed by atoms with Gasteiger partial charge in [-0.25, -0.2) is 4.79 Å². The minimum atomic E-state index is -0.0644. The van der Waals surface area contributed by atoms with Crippen LogP contribution in [0.5, 0.6) is 0 Å². The van der Waals surface area contributed by atoms with Crippen LogP contribution in [0, 0.1) is 5.92 Å². The first-order chi connectivity index (χ1) is 13.1. The second-order valence-corrected chi connectivity index (χ2v) is 6.79. The molecule has 6 heteroatoms. The largest absolute Gasteiger partial charge is 0.465 e. The molecule has 3 rings (SSSR count). The molecule has 1 aliphatic heterocycles. The molecule has 0 saturated carbocycles. The predicted octanol–water partition coefficient (Wildman–Crippen LogP) is 3.70. The number of carbonyl (C=O) groups excluding carboxylic acids is 2. The van der Waals surface area contributed by atoms with Crippen molar-refractivity contribution in [2.45, 2.75) is 12.8 Å². The maximum atomic E-state index is 12.3. The summed E-state index contributed by atoms with van der Waals surface area (Å²) >= 11 is 0. The van der Waals surface area contributed by atoms with Gasteiger partial charge in [0.25, 0.3) is 0 Å². The highest BCUT2D eigenvalue weighted by molar-refractivity contribution is 5.91. The van der Waals surface area contributed by atoms with Crippen LogP contribution in [0.15, 0.2) is 59.2 Å². The molecule has 1 aliphatic rings. The molecule has 1 saturated heterocycles. The summed E-state index contributed by atoms with van der Waals surface area (Å²) in [5.74, 6) is 1.02. The Morgan fingerprint density at radius 1 is 1.19 bits per heavy atom. The summed E-state index contributed by atoms with van der Waals surface area (Å²) < 4.78 is 5.19. The van der Waals surface area contributed by atoms with Crippen molar-refractivity contribution in [1.82, 2.24) is 9.80 Å². The van der Waals surface area contributed by atoms with Crippen LogP contribution in [0.4, 0.5) is 10.5 Å². The van der Waals surface area contributed by atoms with E-state index >= 15 is 0 Å². The zero-order valence-electron chi connectivity index (χ0n) is 15.5. The number of likely N-dealkylation sites (tertiary alicyclic amines) is 1. The Labute approximate surface area is 159 Å².